The van der Waals surface area contributed by atoms with E-state index < -0.39 is 0 Å². The van der Waals surface area contributed by atoms with Gasteiger partial charge in [0.15, 0.2) is 5.49 Å². The van der Waals surface area contributed by atoms with E-state index in [1.165, 1.54) is 6.20 Å². The zero-order valence-electron chi connectivity index (χ0n) is 8.92. The van der Waals surface area contributed by atoms with Crippen molar-refractivity contribution in [2.45, 2.75) is 13.5 Å². The van der Waals surface area contributed by atoms with Crippen LogP contribution < -0.4 is 11.2 Å². The van der Waals surface area contributed by atoms with Gasteiger partial charge in [-0.05, 0) is 30.7 Å². The molecule has 3 N–H and O–H groups in total. The van der Waals surface area contributed by atoms with Gasteiger partial charge in [0.2, 0.25) is 0 Å². The second-order valence-corrected chi connectivity index (χ2v) is 3.51. The molecule has 0 radical (unpaired) electrons. The predicted octanol–water partition coefficient (Wildman–Crippen LogP) is 1.31. The third-order valence-electron chi connectivity index (χ3n) is 2.27. The Balaban J connectivity index is 2.33. The molecule has 0 aliphatic heterocycles. The third-order valence-corrected chi connectivity index (χ3v) is 2.27. The summed E-state index contributed by atoms with van der Waals surface area (Å²) in [5, 5.41) is 9.56. The third kappa shape index (κ3) is 2.08. The Morgan fingerprint density at radius 3 is 3.06 bits per heavy atom. The summed E-state index contributed by atoms with van der Waals surface area (Å²) in [6.07, 6.45) is 3.02. The van der Waals surface area contributed by atoms with E-state index in [1.54, 1.807) is 18.4 Å². The number of pyridine rings is 1. The highest BCUT2D eigenvalue weighted by atomic mass is 16.5. The summed E-state index contributed by atoms with van der Waals surface area (Å²) in [6, 6.07) is 5.35. The molecule has 84 valence electrons. The molecule has 2 aromatic heterocycles. The van der Waals surface area contributed by atoms with Crippen LogP contribution in [0.2, 0.25) is 0 Å². The van der Waals surface area contributed by atoms with E-state index in [4.69, 9.17) is 10.2 Å². The van der Waals surface area contributed by atoms with E-state index in [2.05, 4.69) is 4.99 Å². The van der Waals surface area contributed by atoms with Crippen molar-refractivity contribution in [3.05, 3.63) is 47.5 Å². The maximum atomic E-state index is 9.56. The molecular weight excluding hydrogens is 206 g/mol. The molecular formula is C11H13N3O2. The second kappa shape index (κ2) is 4.14. The zero-order chi connectivity index (χ0) is 11.5. The van der Waals surface area contributed by atoms with Gasteiger partial charge in [-0.2, -0.15) is 4.73 Å². The highest BCUT2D eigenvalue weighted by molar-refractivity contribution is 5.42. The Morgan fingerprint density at radius 2 is 2.38 bits per heavy atom. The van der Waals surface area contributed by atoms with E-state index in [0.717, 1.165) is 16.1 Å². The molecule has 0 aliphatic carbocycles. The Morgan fingerprint density at radius 1 is 1.56 bits per heavy atom. The van der Waals surface area contributed by atoms with E-state index >= 15 is 0 Å². The first kappa shape index (κ1) is 10.4. The minimum absolute atomic E-state index is 0.386. The Hall–Kier alpha value is -2.17. The highest BCUT2D eigenvalue weighted by Gasteiger charge is 1.98. The number of nitrogens with two attached hydrogens (primary N) is 1. The van der Waals surface area contributed by atoms with Crippen molar-refractivity contribution in [1.29, 1.82) is 0 Å². The number of hydrogen-bond donors (Lipinski definition) is 2. The lowest BCUT2D eigenvalue weighted by atomic mass is 10.2. The molecule has 0 spiro atoms. The molecule has 0 unspecified atom stereocenters. The van der Waals surface area contributed by atoms with Crippen LogP contribution in [0.25, 0.3) is 0 Å². The average Bonchev–Trinajstić information content (AvgIpc) is 2.74. The number of furan rings is 1. The number of aromatic nitrogens is 1. The normalized spacial score (nSPS) is 11.9. The van der Waals surface area contributed by atoms with Crippen LogP contribution in [-0.4, -0.2) is 9.94 Å². The summed E-state index contributed by atoms with van der Waals surface area (Å²) in [6.45, 7) is 2.25. The van der Waals surface area contributed by atoms with Crippen molar-refractivity contribution in [1.82, 2.24) is 4.73 Å². The molecule has 2 heterocycles. The van der Waals surface area contributed by atoms with Crippen LogP contribution in [0.5, 0.6) is 0 Å². The first-order chi connectivity index (χ1) is 7.66. The largest absolute Gasteiger partial charge is 0.467 e. The fourth-order valence-electron chi connectivity index (χ4n) is 1.32. The van der Waals surface area contributed by atoms with Crippen LogP contribution in [-0.2, 0) is 6.54 Å². The van der Waals surface area contributed by atoms with Crippen molar-refractivity contribution in [3.63, 3.8) is 0 Å². The summed E-state index contributed by atoms with van der Waals surface area (Å²) in [7, 11) is 0. The summed E-state index contributed by atoms with van der Waals surface area (Å²) < 4.78 is 6.05. The first-order valence-electron chi connectivity index (χ1n) is 4.88. The molecule has 5 nitrogen and oxygen atoms in total. The van der Waals surface area contributed by atoms with Crippen LogP contribution in [0.3, 0.4) is 0 Å². The van der Waals surface area contributed by atoms with Crippen LogP contribution >= 0.6 is 0 Å². The molecule has 5 heteroatoms. The van der Waals surface area contributed by atoms with Crippen molar-refractivity contribution in [2.24, 2.45) is 4.99 Å². The molecule has 0 aliphatic rings. The summed E-state index contributed by atoms with van der Waals surface area (Å²) >= 11 is 0. The van der Waals surface area contributed by atoms with Crippen molar-refractivity contribution in [2.75, 3.05) is 5.73 Å². The van der Waals surface area contributed by atoms with Crippen molar-refractivity contribution in [3.8, 4) is 0 Å². The van der Waals surface area contributed by atoms with E-state index in [0.29, 0.717) is 17.7 Å². The van der Waals surface area contributed by atoms with Gasteiger partial charge in [0.05, 0.1) is 24.7 Å². The summed E-state index contributed by atoms with van der Waals surface area (Å²) in [5.41, 5.74) is 7.49. The standard InChI is InChI=1S/C11H13N3O2/c1-8-5-11(14(15)7-10(8)12)13-6-9-3-2-4-16-9/h2-5,7,15H,6,12H2,1H3. The quantitative estimate of drug-likeness (QED) is 0.747. The van der Waals surface area contributed by atoms with Gasteiger partial charge in [-0.15, -0.1) is 0 Å². The fraction of sp³-hybridized carbons (Fsp3) is 0.182. The molecule has 0 bridgehead atoms. The van der Waals surface area contributed by atoms with E-state index in [9.17, 15) is 5.21 Å². The van der Waals surface area contributed by atoms with Gasteiger partial charge in [-0.1, -0.05) is 0 Å². The molecule has 2 aromatic rings. The summed E-state index contributed by atoms with van der Waals surface area (Å²) in [5.74, 6) is 0.745. The molecule has 16 heavy (non-hydrogen) atoms. The van der Waals surface area contributed by atoms with Crippen LogP contribution in [0.1, 0.15) is 11.3 Å². The topological polar surface area (TPSA) is 76.7 Å². The molecule has 2 rings (SSSR count). The number of anilines is 1. The van der Waals surface area contributed by atoms with Gasteiger partial charge in [0, 0.05) is 0 Å². The second-order valence-electron chi connectivity index (χ2n) is 3.51. The average molecular weight is 219 g/mol. The fourth-order valence-corrected chi connectivity index (χ4v) is 1.32. The van der Waals surface area contributed by atoms with Gasteiger partial charge in [0.1, 0.15) is 5.76 Å². The van der Waals surface area contributed by atoms with E-state index in [-0.39, 0.29) is 0 Å². The lowest BCUT2D eigenvalue weighted by Crippen LogP contribution is -2.19. The number of nitrogens with zero attached hydrogens (tertiary/aromatic N) is 2. The number of hydrogen-bond acceptors (Lipinski definition) is 4. The molecule has 0 aromatic carbocycles. The van der Waals surface area contributed by atoms with Crippen molar-refractivity contribution < 1.29 is 9.62 Å². The van der Waals surface area contributed by atoms with Gasteiger partial charge in [-0.25, -0.2) is 0 Å². The minimum atomic E-state index is 0.386. The van der Waals surface area contributed by atoms with Gasteiger partial charge in [-0.3, -0.25) is 4.99 Å². The monoisotopic (exact) mass is 219 g/mol. The number of nitrogen functional groups attached to an aromatic ring is 1. The molecule has 0 atom stereocenters. The SMILES string of the molecule is Cc1cc(=NCc2ccco2)n(O)cc1N. The zero-order valence-corrected chi connectivity index (χ0v) is 8.92. The Labute approximate surface area is 92.4 Å². The number of rotatable bonds is 2. The molecule has 0 amide bonds. The highest BCUT2D eigenvalue weighted by Crippen LogP contribution is 2.05. The smallest absolute Gasteiger partial charge is 0.164 e. The lowest BCUT2D eigenvalue weighted by Gasteiger charge is -2.03. The molecule has 0 saturated carbocycles. The van der Waals surface area contributed by atoms with E-state index in [1.807, 2.05) is 13.0 Å². The van der Waals surface area contributed by atoms with Crippen LogP contribution in [0.15, 0.2) is 40.1 Å². The number of aryl methyl sites for hydroxylation is 1. The Kier molecular flexibility index (Phi) is 2.68. The Bertz CT molecular complexity index is 541. The summed E-state index contributed by atoms with van der Waals surface area (Å²) in [4.78, 5) is 4.21. The molecule has 0 saturated heterocycles. The predicted molar refractivity (Wildman–Crippen MR) is 58.7 cm³/mol. The van der Waals surface area contributed by atoms with Crippen LogP contribution in [0.4, 0.5) is 5.69 Å². The maximum absolute atomic E-state index is 9.56. The minimum Gasteiger partial charge on any atom is -0.467 e. The van der Waals surface area contributed by atoms with Gasteiger partial charge >= 0.3 is 0 Å². The molecule has 0 fully saturated rings. The maximum Gasteiger partial charge on any atom is 0.164 e. The van der Waals surface area contributed by atoms with Crippen molar-refractivity contribution >= 4 is 5.69 Å². The lowest BCUT2D eigenvalue weighted by molar-refractivity contribution is 0.171. The van der Waals surface area contributed by atoms with Gasteiger partial charge < -0.3 is 15.4 Å². The van der Waals surface area contributed by atoms with Gasteiger partial charge in [0.25, 0.3) is 0 Å². The van der Waals surface area contributed by atoms with Crippen LogP contribution in [0, 0.1) is 6.92 Å². The first-order valence-corrected chi connectivity index (χ1v) is 4.88.